The largest absolute Gasteiger partial charge is 0.321 e. The van der Waals surface area contributed by atoms with Crippen LogP contribution >= 0.6 is 0 Å². The third-order valence-corrected chi connectivity index (χ3v) is 4.60. The summed E-state index contributed by atoms with van der Waals surface area (Å²) in [7, 11) is 0. The average Bonchev–Trinajstić information content (AvgIpc) is 2.54. The van der Waals surface area contributed by atoms with Crippen molar-refractivity contribution in [3.63, 3.8) is 0 Å². The zero-order chi connectivity index (χ0) is 15.5. The number of ketones is 1. The van der Waals surface area contributed by atoms with Gasteiger partial charge in [-0.05, 0) is 43.4 Å². The van der Waals surface area contributed by atoms with Gasteiger partial charge < -0.3 is 4.98 Å². The lowest BCUT2D eigenvalue weighted by atomic mass is 9.88. The molecule has 114 valence electrons. The van der Waals surface area contributed by atoms with Crippen LogP contribution in [0.25, 0.3) is 10.9 Å². The predicted octanol–water partition coefficient (Wildman–Crippen LogP) is 4.16. The van der Waals surface area contributed by atoms with Crippen LogP contribution in [0.5, 0.6) is 0 Å². The quantitative estimate of drug-likeness (QED) is 0.683. The first-order chi connectivity index (χ1) is 10.7. The number of benzene rings is 1. The van der Waals surface area contributed by atoms with E-state index in [-0.39, 0.29) is 16.9 Å². The van der Waals surface area contributed by atoms with Gasteiger partial charge in [-0.2, -0.15) is 0 Å². The molecule has 3 heteroatoms. The number of carbonyl (C=O) groups is 1. The first-order valence-electron chi connectivity index (χ1n) is 8.01. The third kappa shape index (κ3) is 2.89. The Morgan fingerprint density at radius 3 is 2.68 bits per heavy atom. The van der Waals surface area contributed by atoms with Crippen LogP contribution in [0.4, 0.5) is 0 Å². The second-order valence-electron chi connectivity index (χ2n) is 6.12. The fourth-order valence-electron chi connectivity index (χ4n) is 3.34. The van der Waals surface area contributed by atoms with Gasteiger partial charge in [-0.15, -0.1) is 0 Å². The molecule has 0 atom stereocenters. The van der Waals surface area contributed by atoms with Crippen LogP contribution in [0.3, 0.4) is 0 Å². The Labute approximate surface area is 130 Å². The number of para-hydroxylation sites is 1. The van der Waals surface area contributed by atoms with Crippen molar-refractivity contribution in [1.29, 1.82) is 0 Å². The van der Waals surface area contributed by atoms with E-state index in [4.69, 9.17) is 0 Å². The highest BCUT2D eigenvalue weighted by Gasteiger charge is 2.15. The lowest BCUT2D eigenvalue weighted by molar-refractivity contribution is 0.104. The smallest absolute Gasteiger partial charge is 0.259 e. The van der Waals surface area contributed by atoms with E-state index in [1.54, 1.807) is 6.08 Å². The number of aryl methyl sites for hydroxylation is 1. The highest BCUT2D eigenvalue weighted by Crippen LogP contribution is 2.25. The molecule has 1 fully saturated rings. The molecule has 0 bridgehead atoms. The Balaban J connectivity index is 1.93. The lowest BCUT2D eigenvalue weighted by Gasteiger charge is -2.17. The number of nitrogens with one attached hydrogen (secondary N) is 1. The number of hydrogen-bond acceptors (Lipinski definition) is 2. The summed E-state index contributed by atoms with van der Waals surface area (Å²) in [6, 6.07) is 7.58. The van der Waals surface area contributed by atoms with Crippen LogP contribution in [0, 0.1) is 12.8 Å². The monoisotopic (exact) mass is 295 g/mol. The Morgan fingerprint density at radius 2 is 1.91 bits per heavy atom. The van der Waals surface area contributed by atoms with Crippen LogP contribution in [0.15, 0.2) is 41.2 Å². The molecule has 2 aromatic rings. The molecule has 22 heavy (non-hydrogen) atoms. The van der Waals surface area contributed by atoms with Gasteiger partial charge in [0.15, 0.2) is 5.78 Å². The van der Waals surface area contributed by atoms with Crippen molar-refractivity contribution in [2.24, 2.45) is 5.92 Å². The van der Waals surface area contributed by atoms with Crippen LogP contribution < -0.4 is 5.56 Å². The standard InChI is InChI=1S/C19H21NO2/c1-13-15-9-5-6-10-16(15)20-19(22)18(13)17(21)12-11-14-7-3-2-4-8-14/h5-6,9-12,14H,2-4,7-8H2,1H3,(H,20,22)/b12-11+. The van der Waals surface area contributed by atoms with Gasteiger partial charge in [0, 0.05) is 10.9 Å². The van der Waals surface area contributed by atoms with Crippen molar-refractivity contribution in [2.75, 3.05) is 0 Å². The van der Waals surface area contributed by atoms with Gasteiger partial charge >= 0.3 is 0 Å². The van der Waals surface area contributed by atoms with E-state index < -0.39 is 0 Å². The second kappa shape index (κ2) is 6.30. The fourth-order valence-corrected chi connectivity index (χ4v) is 3.34. The third-order valence-electron chi connectivity index (χ3n) is 4.60. The Morgan fingerprint density at radius 1 is 1.18 bits per heavy atom. The first-order valence-corrected chi connectivity index (χ1v) is 8.01. The summed E-state index contributed by atoms with van der Waals surface area (Å²) in [5, 5.41) is 0.927. The summed E-state index contributed by atoms with van der Waals surface area (Å²) in [6.07, 6.45) is 9.66. The van der Waals surface area contributed by atoms with Crippen molar-refractivity contribution in [1.82, 2.24) is 4.98 Å². The number of rotatable bonds is 3. The Bertz CT molecular complexity index is 780. The number of aromatic nitrogens is 1. The zero-order valence-corrected chi connectivity index (χ0v) is 12.9. The molecule has 0 saturated heterocycles. The Kier molecular flexibility index (Phi) is 4.23. The van der Waals surface area contributed by atoms with Gasteiger partial charge in [-0.1, -0.05) is 43.5 Å². The molecule has 0 unspecified atom stereocenters. The highest BCUT2D eigenvalue weighted by atomic mass is 16.1. The minimum Gasteiger partial charge on any atom is -0.321 e. The van der Waals surface area contributed by atoms with Gasteiger partial charge in [0.2, 0.25) is 0 Å². The van der Waals surface area contributed by atoms with E-state index in [0.717, 1.165) is 29.3 Å². The van der Waals surface area contributed by atoms with E-state index in [0.29, 0.717) is 5.92 Å². The molecule has 0 aliphatic heterocycles. The molecule has 1 saturated carbocycles. The van der Waals surface area contributed by atoms with Crippen molar-refractivity contribution >= 4 is 16.7 Å². The molecule has 1 aromatic carbocycles. The molecule has 0 amide bonds. The highest BCUT2D eigenvalue weighted by molar-refractivity contribution is 6.07. The van der Waals surface area contributed by atoms with Crippen LogP contribution in [0.1, 0.15) is 48.0 Å². The second-order valence-corrected chi connectivity index (χ2v) is 6.12. The predicted molar refractivity (Wildman–Crippen MR) is 89.4 cm³/mol. The van der Waals surface area contributed by atoms with Crippen molar-refractivity contribution in [3.05, 3.63) is 57.9 Å². The number of hydrogen-bond donors (Lipinski definition) is 1. The topological polar surface area (TPSA) is 49.9 Å². The van der Waals surface area contributed by atoms with Crippen molar-refractivity contribution < 1.29 is 4.79 Å². The normalized spacial score (nSPS) is 16.4. The van der Waals surface area contributed by atoms with Gasteiger partial charge in [-0.25, -0.2) is 0 Å². The van der Waals surface area contributed by atoms with E-state index in [9.17, 15) is 9.59 Å². The van der Waals surface area contributed by atoms with Gasteiger partial charge in [-0.3, -0.25) is 9.59 Å². The summed E-state index contributed by atoms with van der Waals surface area (Å²) in [5.41, 5.74) is 1.51. The van der Waals surface area contributed by atoms with Crippen molar-refractivity contribution in [2.45, 2.75) is 39.0 Å². The zero-order valence-electron chi connectivity index (χ0n) is 12.9. The van der Waals surface area contributed by atoms with Crippen LogP contribution in [-0.2, 0) is 0 Å². The number of carbonyl (C=O) groups excluding carboxylic acids is 1. The lowest BCUT2D eigenvalue weighted by Crippen LogP contribution is -2.19. The SMILES string of the molecule is Cc1c(C(=O)/C=C/C2CCCCC2)c(=O)[nH]c2ccccc12. The molecule has 0 spiro atoms. The average molecular weight is 295 g/mol. The number of fused-ring (bicyclic) bond motifs is 1. The molecule has 3 rings (SSSR count). The maximum atomic E-state index is 12.5. The summed E-state index contributed by atoms with van der Waals surface area (Å²) in [6.45, 7) is 1.85. The number of aromatic amines is 1. The van der Waals surface area contributed by atoms with E-state index in [2.05, 4.69) is 4.98 Å². The summed E-state index contributed by atoms with van der Waals surface area (Å²) in [5.74, 6) is 0.299. The van der Waals surface area contributed by atoms with E-state index in [1.807, 2.05) is 37.3 Å². The molecule has 1 aliphatic carbocycles. The summed E-state index contributed by atoms with van der Waals surface area (Å²) >= 11 is 0. The molecule has 1 heterocycles. The fraction of sp³-hybridized carbons (Fsp3) is 0.368. The van der Waals surface area contributed by atoms with E-state index >= 15 is 0 Å². The van der Waals surface area contributed by atoms with Gasteiger partial charge in [0.25, 0.3) is 5.56 Å². The molecular weight excluding hydrogens is 274 g/mol. The summed E-state index contributed by atoms with van der Waals surface area (Å²) in [4.78, 5) is 27.5. The first kappa shape index (κ1) is 14.8. The summed E-state index contributed by atoms with van der Waals surface area (Å²) < 4.78 is 0. The van der Waals surface area contributed by atoms with Gasteiger partial charge in [0.1, 0.15) is 0 Å². The molecule has 1 N–H and O–H groups in total. The van der Waals surface area contributed by atoms with Crippen LogP contribution in [-0.4, -0.2) is 10.8 Å². The maximum Gasteiger partial charge on any atom is 0.259 e. The maximum absolute atomic E-state index is 12.5. The number of allylic oxidation sites excluding steroid dienone is 2. The van der Waals surface area contributed by atoms with Crippen molar-refractivity contribution in [3.8, 4) is 0 Å². The minimum atomic E-state index is -0.297. The molecule has 1 aromatic heterocycles. The number of H-pyrrole nitrogens is 1. The molecular formula is C19H21NO2. The molecule has 0 radical (unpaired) electrons. The number of pyridine rings is 1. The van der Waals surface area contributed by atoms with Gasteiger partial charge in [0.05, 0.1) is 5.56 Å². The Hall–Kier alpha value is -2.16. The molecule has 3 nitrogen and oxygen atoms in total. The van der Waals surface area contributed by atoms with E-state index in [1.165, 1.54) is 19.3 Å². The molecule has 1 aliphatic rings. The van der Waals surface area contributed by atoms with Crippen LogP contribution in [0.2, 0.25) is 0 Å². The minimum absolute atomic E-state index is 0.185.